The van der Waals surface area contributed by atoms with E-state index in [-0.39, 0.29) is 5.56 Å². The summed E-state index contributed by atoms with van der Waals surface area (Å²) in [5, 5.41) is 15.0. The van der Waals surface area contributed by atoms with Gasteiger partial charge < -0.3 is 5.11 Å². The lowest BCUT2D eigenvalue weighted by molar-refractivity contribution is 0.0698. The highest BCUT2D eigenvalue weighted by Crippen LogP contribution is 2.38. The van der Waals surface area contributed by atoms with Crippen molar-refractivity contribution in [2.45, 2.75) is 38.0 Å². The van der Waals surface area contributed by atoms with E-state index in [2.05, 4.69) is 27.2 Å². The average Bonchev–Trinajstić information content (AvgIpc) is 3.18. The monoisotopic (exact) mass is 372 g/mol. The summed E-state index contributed by atoms with van der Waals surface area (Å²) < 4.78 is 1.74. The quantitative estimate of drug-likeness (QED) is 0.564. The van der Waals surface area contributed by atoms with Gasteiger partial charge in [0.05, 0.1) is 17.4 Å². The van der Waals surface area contributed by atoms with E-state index in [1.165, 1.54) is 25.5 Å². The van der Waals surface area contributed by atoms with Gasteiger partial charge >= 0.3 is 5.97 Å². The number of pyridine rings is 1. The largest absolute Gasteiger partial charge is 0.477 e. The number of hydrogen-bond donors (Lipinski definition) is 1. The van der Waals surface area contributed by atoms with E-state index >= 15 is 0 Å². The molecule has 0 spiro atoms. The predicted octanol–water partition coefficient (Wildman–Crippen LogP) is 4.69. The van der Waals surface area contributed by atoms with E-state index in [4.69, 9.17) is 0 Å². The first-order valence-electron chi connectivity index (χ1n) is 9.67. The molecule has 1 fully saturated rings. The molecule has 3 heterocycles. The van der Waals surface area contributed by atoms with Crippen LogP contribution >= 0.6 is 0 Å². The van der Waals surface area contributed by atoms with Crippen molar-refractivity contribution in [2.75, 3.05) is 0 Å². The molecule has 0 unspecified atom stereocenters. The van der Waals surface area contributed by atoms with Gasteiger partial charge in [-0.05, 0) is 25.0 Å². The second-order valence-electron chi connectivity index (χ2n) is 7.41. The third-order valence-corrected chi connectivity index (χ3v) is 5.69. The second-order valence-corrected chi connectivity index (χ2v) is 7.41. The molecule has 3 aromatic heterocycles. The smallest absolute Gasteiger partial charge is 0.341 e. The zero-order chi connectivity index (χ0) is 19.1. The number of fused-ring (bicyclic) bond motifs is 2. The number of hydrogen-bond acceptors (Lipinski definition) is 4. The van der Waals surface area contributed by atoms with E-state index < -0.39 is 5.97 Å². The SMILES string of the molecule is O=C(O)c1cnn2c(C3CCCCC3)c(-c3cnc4ccccc4c3)cnc12. The zero-order valence-electron chi connectivity index (χ0n) is 15.4. The van der Waals surface area contributed by atoms with Gasteiger partial charge in [0.1, 0.15) is 5.56 Å². The molecule has 5 rings (SSSR count). The number of aromatic carboxylic acids is 1. The Morgan fingerprint density at radius 3 is 2.68 bits per heavy atom. The van der Waals surface area contributed by atoms with Crippen molar-refractivity contribution in [1.29, 1.82) is 0 Å². The molecule has 1 aliphatic rings. The Balaban J connectivity index is 1.75. The summed E-state index contributed by atoms with van der Waals surface area (Å²) in [6.07, 6.45) is 10.8. The Morgan fingerprint density at radius 2 is 1.86 bits per heavy atom. The molecule has 6 heteroatoms. The maximum atomic E-state index is 11.6. The molecular formula is C22H20N4O2. The van der Waals surface area contributed by atoms with Gasteiger partial charge in [-0.3, -0.25) is 4.98 Å². The van der Waals surface area contributed by atoms with Crippen molar-refractivity contribution >= 4 is 22.5 Å². The fraction of sp³-hybridized carbons (Fsp3) is 0.273. The molecule has 0 amide bonds. The summed E-state index contributed by atoms with van der Waals surface area (Å²) in [5.41, 5.74) is 4.52. The molecule has 1 saturated carbocycles. The van der Waals surface area contributed by atoms with Crippen LogP contribution in [-0.2, 0) is 0 Å². The number of carboxylic acids is 1. The number of rotatable bonds is 3. The van der Waals surface area contributed by atoms with Crippen LogP contribution in [0.4, 0.5) is 0 Å². The van der Waals surface area contributed by atoms with Gasteiger partial charge in [-0.15, -0.1) is 0 Å². The van der Waals surface area contributed by atoms with Crippen molar-refractivity contribution in [3.63, 3.8) is 0 Å². The summed E-state index contributed by atoms with van der Waals surface area (Å²) >= 11 is 0. The van der Waals surface area contributed by atoms with Gasteiger partial charge in [-0.2, -0.15) is 5.10 Å². The molecule has 0 saturated heterocycles. The van der Waals surface area contributed by atoms with Crippen molar-refractivity contribution < 1.29 is 9.90 Å². The average molecular weight is 372 g/mol. The lowest BCUT2D eigenvalue weighted by Gasteiger charge is -2.24. The van der Waals surface area contributed by atoms with Crippen molar-refractivity contribution in [1.82, 2.24) is 19.6 Å². The molecule has 4 aromatic rings. The van der Waals surface area contributed by atoms with E-state index in [0.717, 1.165) is 40.6 Å². The minimum absolute atomic E-state index is 0.139. The highest BCUT2D eigenvalue weighted by atomic mass is 16.4. The Morgan fingerprint density at radius 1 is 1.04 bits per heavy atom. The Bertz CT molecular complexity index is 1190. The highest BCUT2D eigenvalue weighted by Gasteiger charge is 2.25. The fourth-order valence-electron chi connectivity index (χ4n) is 4.31. The van der Waals surface area contributed by atoms with E-state index in [9.17, 15) is 9.90 Å². The summed E-state index contributed by atoms with van der Waals surface area (Å²) in [5.74, 6) is -0.667. The van der Waals surface area contributed by atoms with Gasteiger partial charge in [0.2, 0.25) is 0 Å². The van der Waals surface area contributed by atoms with Crippen LogP contribution in [0.1, 0.15) is 54.1 Å². The van der Waals surface area contributed by atoms with Crippen LogP contribution in [0.2, 0.25) is 0 Å². The molecule has 1 aromatic carbocycles. The summed E-state index contributed by atoms with van der Waals surface area (Å²) in [4.78, 5) is 20.6. The summed E-state index contributed by atoms with van der Waals surface area (Å²) in [6, 6.07) is 10.2. The number of benzene rings is 1. The lowest BCUT2D eigenvalue weighted by Crippen LogP contribution is -2.13. The normalized spacial score (nSPS) is 15.3. The van der Waals surface area contributed by atoms with Gasteiger partial charge in [0, 0.05) is 34.8 Å². The third-order valence-electron chi connectivity index (χ3n) is 5.69. The standard InChI is InChI=1S/C22H20N4O2/c27-22(28)18-13-25-26-20(14-6-2-1-3-7-14)17(12-24-21(18)26)16-10-15-8-4-5-9-19(15)23-11-16/h4-5,8-14H,1-3,6-7H2,(H,27,28). The van der Waals surface area contributed by atoms with E-state index in [0.29, 0.717) is 11.6 Å². The number of carbonyl (C=O) groups is 1. The lowest BCUT2D eigenvalue weighted by atomic mass is 9.84. The topological polar surface area (TPSA) is 80.4 Å². The Labute approximate surface area is 161 Å². The van der Waals surface area contributed by atoms with Crippen LogP contribution in [0.3, 0.4) is 0 Å². The molecule has 1 N–H and O–H groups in total. The minimum Gasteiger partial charge on any atom is -0.477 e. The summed E-state index contributed by atoms with van der Waals surface area (Å²) in [7, 11) is 0. The highest BCUT2D eigenvalue weighted by molar-refractivity contribution is 5.94. The Hall–Kier alpha value is -3.28. The maximum absolute atomic E-state index is 11.6. The van der Waals surface area contributed by atoms with Gasteiger partial charge in [-0.1, -0.05) is 37.5 Å². The summed E-state index contributed by atoms with van der Waals surface area (Å²) in [6.45, 7) is 0. The van der Waals surface area contributed by atoms with Gasteiger partial charge in [-0.25, -0.2) is 14.3 Å². The number of para-hydroxylation sites is 1. The van der Waals surface area contributed by atoms with Crippen molar-refractivity contribution in [3.05, 3.63) is 60.2 Å². The minimum atomic E-state index is -1.00. The van der Waals surface area contributed by atoms with E-state index in [1.807, 2.05) is 24.4 Å². The van der Waals surface area contributed by atoms with E-state index in [1.54, 1.807) is 10.7 Å². The molecule has 0 bridgehead atoms. The molecule has 1 aliphatic carbocycles. The van der Waals surface area contributed by atoms with Crippen molar-refractivity contribution in [3.8, 4) is 11.1 Å². The third kappa shape index (κ3) is 2.72. The first kappa shape index (κ1) is 16.9. The molecule has 0 atom stereocenters. The maximum Gasteiger partial charge on any atom is 0.341 e. The second kappa shape index (κ2) is 6.71. The number of aromatic nitrogens is 4. The first-order chi connectivity index (χ1) is 13.7. The fourth-order valence-corrected chi connectivity index (χ4v) is 4.31. The number of nitrogens with zero attached hydrogens (tertiary/aromatic N) is 4. The van der Waals surface area contributed by atoms with Crippen LogP contribution in [-0.4, -0.2) is 30.7 Å². The molecular weight excluding hydrogens is 352 g/mol. The number of carboxylic acid groups (broad SMARTS) is 1. The van der Waals surface area contributed by atoms with Crippen LogP contribution in [0.5, 0.6) is 0 Å². The molecule has 6 nitrogen and oxygen atoms in total. The van der Waals surface area contributed by atoms with Crippen LogP contribution in [0.25, 0.3) is 27.7 Å². The van der Waals surface area contributed by atoms with Crippen molar-refractivity contribution in [2.24, 2.45) is 0 Å². The predicted molar refractivity (Wildman–Crippen MR) is 107 cm³/mol. The molecule has 0 radical (unpaired) electrons. The first-order valence-corrected chi connectivity index (χ1v) is 9.67. The van der Waals surface area contributed by atoms with Crippen LogP contribution in [0.15, 0.2) is 48.9 Å². The molecule has 140 valence electrons. The molecule has 0 aliphatic heterocycles. The molecule has 28 heavy (non-hydrogen) atoms. The zero-order valence-corrected chi connectivity index (χ0v) is 15.4. The van der Waals surface area contributed by atoms with Crippen LogP contribution < -0.4 is 0 Å². The van der Waals surface area contributed by atoms with Gasteiger partial charge in [0.15, 0.2) is 5.65 Å². The van der Waals surface area contributed by atoms with Crippen LogP contribution in [0, 0.1) is 0 Å². The van der Waals surface area contributed by atoms with Gasteiger partial charge in [0.25, 0.3) is 0 Å². The Kier molecular flexibility index (Phi) is 4.04.